The molecule has 0 saturated heterocycles. The van der Waals surface area contributed by atoms with Crippen molar-refractivity contribution in [2.45, 2.75) is 26.5 Å². The van der Waals surface area contributed by atoms with Gasteiger partial charge in [-0.2, -0.15) is 5.10 Å². The van der Waals surface area contributed by atoms with Gasteiger partial charge in [-0.15, -0.1) is 0 Å². The maximum Gasteiger partial charge on any atom is 0.271 e. The molecular weight excluding hydrogens is 254 g/mol. The molecule has 1 N–H and O–H groups in total. The standard InChI is InChI=1S/C15H19N3O2/c1-2-3-10-16-15(19)14-9-11-18(17-14)12-20-13-7-5-4-6-8-13/h4-9,11H,2-3,10,12H2,1H3,(H,16,19). The summed E-state index contributed by atoms with van der Waals surface area (Å²) in [6, 6.07) is 11.2. The molecular formula is C15H19N3O2. The molecule has 2 rings (SSSR count). The molecule has 1 amide bonds. The number of carbonyl (C=O) groups is 1. The van der Waals surface area contributed by atoms with Crippen molar-refractivity contribution < 1.29 is 9.53 Å². The smallest absolute Gasteiger partial charge is 0.271 e. The van der Waals surface area contributed by atoms with Gasteiger partial charge in [-0.25, -0.2) is 4.68 Å². The fraction of sp³-hybridized carbons (Fsp3) is 0.333. The summed E-state index contributed by atoms with van der Waals surface area (Å²) in [5.41, 5.74) is 0.415. The lowest BCUT2D eigenvalue weighted by molar-refractivity contribution is 0.0946. The van der Waals surface area contributed by atoms with Gasteiger partial charge in [0.25, 0.3) is 5.91 Å². The molecule has 0 aliphatic heterocycles. The number of rotatable bonds is 7. The minimum absolute atomic E-state index is 0.142. The highest BCUT2D eigenvalue weighted by Crippen LogP contribution is 2.09. The van der Waals surface area contributed by atoms with Gasteiger partial charge in [0.1, 0.15) is 11.4 Å². The van der Waals surface area contributed by atoms with Crippen molar-refractivity contribution in [2.75, 3.05) is 6.54 Å². The molecule has 1 aromatic heterocycles. The van der Waals surface area contributed by atoms with E-state index in [2.05, 4.69) is 17.3 Å². The minimum Gasteiger partial charge on any atom is -0.471 e. The number of unbranched alkanes of at least 4 members (excludes halogenated alkanes) is 1. The second-order valence-electron chi connectivity index (χ2n) is 4.44. The molecule has 0 bridgehead atoms. The molecule has 106 valence electrons. The summed E-state index contributed by atoms with van der Waals surface area (Å²) in [5, 5.41) is 7.02. The number of benzene rings is 1. The lowest BCUT2D eigenvalue weighted by Gasteiger charge is -2.05. The van der Waals surface area contributed by atoms with Crippen LogP contribution in [0.15, 0.2) is 42.6 Å². The van der Waals surface area contributed by atoms with Crippen LogP contribution in [0, 0.1) is 0 Å². The average Bonchev–Trinajstić information content (AvgIpc) is 2.95. The van der Waals surface area contributed by atoms with Crippen molar-refractivity contribution in [3.8, 4) is 5.75 Å². The van der Waals surface area contributed by atoms with Crippen LogP contribution >= 0.6 is 0 Å². The number of nitrogens with zero attached hydrogens (tertiary/aromatic N) is 2. The summed E-state index contributed by atoms with van der Waals surface area (Å²) < 4.78 is 7.15. The maximum atomic E-state index is 11.8. The van der Waals surface area contributed by atoms with E-state index in [4.69, 9.17) is 4.74 Å². The molecule has 2 aromatic rings. The summed E-state index contributed by atoms with van der Waals surface area (Å²) in [7, 11) is 0. The Morgan fingerprint density at radius 1 is 1.30 bits per heavy atom. The zero-order valence-corrected chi connectivity index (χ0v) is 11.6. The zero-order valence-electron chi connectivity index (χ0n) is 11.6. The predicted octanol–water partition coefficient (Wildman–Crippen LogP) is 2.45. The monoisotopic (exact) mass is 273 g/mol. The van der Waals surface area contributed by atoms with Gasteiger partial charge in [0.05, 0.1) is 0 Å². The van der Waals surface area contributed by atoms with Crippen LogP contribution in [0.4, 0.5) is 0 Å². The fourth-order valence-electron chi connectivity index (χ4n) is 1.68. The van der Waals surface area contributed by atoms with Crippen LogP contribution in [0.1, 0.15) is 30.3 Å². The predicted molar refractivity (Wildman–Crippen MR) is 76.5 cm³/mol. The molecule has 1 heterocycles. The van der Waals surface area contributed by atoms with E-state index >= 15 is 0 Å². The lowest BCUT2D eigenvalue weighted by atomic mass is 10.3. The van der Waals surface area contributed by atoms with Crippen molar-refractivity contribution in [3.63, 3.8) is 0 Å². The van der Waals surface area contributed by atoms with Gasteiger partial charge >= 0.3 is 0 Å². The molecule has 0 aliphatic carbocycles. The third kappa shape index (κ3) is 4.12. The number of nitrogens with one attached hydrogen (secondary N) is 1. The number of carbonyl (C=O) groups excluding carboxylic acids is 1. The fourth-order valence-corrected chi connectivity index (χ4v) is 1.68. The van der Waals surface area contributed by atoms with Crippen LogP contribution < -0.4 is 10.1 Å². The first-order valence-corrected chi connectivity index (χ1v) is 6.79. The highest BCUT2D eigenvalue weighted by atomic mass is 16.5. The summed E-state index contributed by atoms with van der Waals surface area (Å²) in [6.07, 6.45) is 3.76. The summed E-state index contributed by atoms with van der Waals surface area (Å²) in [5.74, 6) is 0.633. The maximum absolute atomic E-state index is 11.8. The Balaban J connectivity index is 1.84. The van der Waals surface area contributed by atoms with Gasteiger partial charge in [0.15, 0.2) is 6.73 Å². The molecule has 5 heteroatoms. The number of hydrogen-bond donors (Lipinski definition) is 1. The highest BCUT2D eigenvalue weighted by Gasteiger charge is 2.08. The summed E-state index contributed by atoms with van der Waals surface area (Å²) >= 11 is 0. The molecule has 20 heavy (non-hydrogen) atoms. The number of hydrogen-bond acceptors (Lipinski definition) is 3. The quantitative estimate of drug-likeness (QED) is 0.788. The largest absolute Gasteiger partial charge is 0.471 e. The van der Waals surface area contributed by atoms with E-state index in [1.807, 2.05) is 30.3 Å². The second-order valence-corrected chi connectivity index (χ2v) is 4.44. The Bertz CT molecular complexity index is 537. The van der Waals surface area contributed by atoms with E-state index in [0.29, 0.717) is 12.2 Å². The van der Waals surface area contributed by atoms with Gasteiger partial charge in [-0.1, -0.05) is 31.5 Å². The van der Waals surface area contributed by atoms with Crippen LogP contribution in [0.2, 0.25) is 0 Å². The number of aromatic nitrogens is 2. The van der Waals surface area contributed by atoms with Crippen molar-refractivity contribution in [3.05, 3.63) is 48.3 Å². The van der Waals surface area contributed by atoms with E-state index < -0.39 is 0 Å². The Kier molecular flexibility index (Phi) is 5.17. The third-order valence-electron chi connectivity index (χ3n) is 2.80. The number of ether oxygens (including phenoxy) is 1. The van der Waals surface area contributed by atoms with E-state index in [9.17, 15) is 4.79 Å². The first kappa shape index (κ1) is 14.1. The molecule has 0 unspecified atom stereocenters. The van der Waals surface area contributed by atoms with Crippen molar-refractivity contribution in [1.82, 2.24) is 15.1 Å². The normalized spacial score (nSPS) is 10.2. The third-order valence-corrected chi connectivity index (χ3v) is 2.80. The first-order valence-electron chi connectivity index (χ1n) is 6.79. The molecule has 0 spiro atoms. The van der Waals surface area contributed by atoms with E-state index in [1.54, 1.807) is 16.9 Å². The average molecular weight is 273 g/mol. The number of amides is 1. The SMILES string of the molecule is CCCCNC(=O)c1ccn(COc2ccccc2)n1. The Morgan fingerprint density at radius 2 is 2.10 bits per heavy atom. The van der Waals surface area contributed by atoms with E-state index in [0.717, 1.165) is 18.6 Å². The van der Waals surface area contributed by atoms with E-state index in [1.165, 1.54) is 0 Å². The summed E-state index contributed by atoms with van der Waals surface area (Å²) in [6.45, 7) is 3.05. The lowest BCUT2D eigenvalue weighted by Crippen LogP contribution is -2.25. The van der Waals surface area contributed by atoms with Crippen LogP contribution in [0.25, 0.3) is 0 Å². The topological polar surface area (TPSA) is 56.2 Å². The molecule has 0 atom stereocenters. The second kappa shape index (κ2) is 7.33. The van der Waals surface area contributed by atoms with Crippen LogP contribution in [-0.4, -0.2) is 22.2 Å². The van der Waals surface area contributed by atoms with Crippen LogP contribution in [-0.2, 0) is 6.73 Å². The van der Waals surface area contributed by atoms with Gasteiger partial charge in [-0.05, 0) is 24.6 Å². The van der Waals surface area contributed by atoms with E-state index in [-0.39, 0.29) is 12.6 Å². The number of para-hydroxylation sites is 1. The van der Waals surface area contributed by atoms with Crippen molar-refractivity contribution in [2.24, 2.45) is 0 Å². The minimum atomic E-state index is -0.142. The first-order chi connectivity index (χ1) is 9.79. The Labute approximate surface area is 118 Å². The molecule has 1 aromatic carbocycles. The van der Waals surface area contributed by atoms with Crippen LogP contribution in [0.3, 0.4) is 0 Å². The zero-order chi connectivity index (χ0) is 14.2. The van der Waals surface area contributed by atoms with Gasteiger partial charge < -0.3 is 10.1 Å². The Hall–Kier alpha value is -2.30. The molecule has 5 nitrogen and oxygen atoms in total. The molecule has 0 fully saturated rings. The highest BCUT2D eigenvalue weighted by molar-refractivity contribution is 5.92. The van der Waals surface area contributed by atoms with Crippen molar-refractivity contribution >= 4 is 5.91 Å². The molecule has 0 saturated carbocycles. The molecule has 0 radical (unpaired) electrons. The Morgan fingerprint density at radius 3 is 2.85 bits per heavy atom. The molecule has 0 aliphatic rings. The van der Waals surface area contributed by atoms with Crippen molar-refractivity contribution in [1.29, 1.82) is 0 Å². The van der Waals surface area contributed by atoms with Gasteiger partial charge in [0, 0.05) is 12.7 Å². The van der Waals surface area contributed by atoms with Crippen LogP contribution in [0.5, 0.6) is 5.75 Å². The summed E-state index contributed by atoms with van der Waals surface area (Å²) in [4.78, 5) is 11.8. The van der Waals surface area contributed by atoms with Gasteiger partial charge in [0.2, 0.25) is 0 Å². The van der Waals surface area contributed by atoms with Gasteiger partial charge in [-0.3, -0.25) is 4.79 Å².